The van der Waals surface area contributed by atoms with Crippen molar-refractivity contribution in [2.45, 2.75) is 13.0 Å². The van der Waals surface area contributed by atoms with Crippen molar-refractivity contribution in [1.82, 2.24) is 19.7 Å². The molecule has 1 atom stereocenters. The quantitative estimate of drug-likeness (QED) is 0.495. The van der Waals surface area contributed by atoms with Gasteiger partial charge in [-0.25, -0.2) is 14.6 Å². The number of aromatic nitrogens is 4. The number of amides is 2. The van der Waals surface area contributed by atoms with E-state index in [4.69, 9.17) is 0 Å². The smallest absolute Gasteiger partial charge is 0.275 e. The summed E-state index contributed by atoms with van der Waals surface area (Å²) >= 11 is 1.42. The van der Waals surface area contributed by atoms with E-state index < -0.39 is 6.04 Å². The van der Waals surface area contributed by atoms with E-state index in [9.17, 15) is 9.59 Å². The van der Waals surface area contributed by atoms with Crippen molar-refractivity contribution in [2.75, 3.05) is 10.6 Å². The van der Waals surface area contributed by atoms with Gasteiger partial charge in [-0.1, -0.05) is 30.3 Å². The predicted molar refractivity (Wildman–Crippen MR) is 115 cm³/mol. The third kappa shape index (κ3) is 4.41. The lowest BCUT2D eigenvalue weighted by atomic mass is 10.2. The van der Waals surface area contributed by atoms with Crippen LogP contribution in [0.5, 0.6) is 0 Å². The largest absolute Gasteiger partial charge is 0.324 e. The van der Waals surface area contributed by atoms with Crippen LogP contribution >= 0.6 is 11.3 Å². The number of benzene rings is 2. The van der Waals surface area contributed by atoms with E-state index in [0.717, 1.165) is 10.6 Å². The summed E-state index contributed by atoms with van der Waals surface area (Å²) in [6.07, 6.45) is 2.87. The number of hydrogen-bond donors (Lipinski definition) is 2. The zero-order valence-corrected chi connectivity index (χ0v) is 16.8. The molecule has 2 aromatic carbocycles. The van der Waals surface area contributed by atoms with E-state index in [-0.39, 0.29) is 11.8 Å². The minimum absolute atomic E-state index is 0.215. The molecule has 0 aliphatic carbocycles. The molecule has 8 nitrogen and oxygen atoms in total. The molecule has 0 spiro atoms. The highest BCUT2D eigenvalue weighted by Gasteiger charge is 2.16. The second kappa shape index (κ2) is 8.66. The number of thiazole rings is 1. The summed E-state index contributed by atoms with van der Waals surface area (Å²) in [6.45, 7) is 1.73. The lowest BCUT2D eigenvalue weighted by Gasteiger charge is -2.12. The molecule has 0 bridgehead atoms. The van der Waals surface area contributed by atoms with Gasteiger partial charge >= 0.3 is 0 Å². The summed E-state index contributed by atoms with van der Waals surface area (Å²) < 4.78 is 1.47. The van der Waals surface area contributed by atoms with Gasteiger partial charge in [0.25, 0.3) is 5.91 Å². The van der Waals surface area contributed by atoms with Gasteiger partial charge in [-0.2, -0.15) is 5.10 Å². The Hall–Kier alpha value is -3.85. The van der Waals surface area contributed by atoms with Gasteiger partial charge in [0.05, 0.1) is 0 Å². The maximum Gasteiger partial charge on any atom is 0.275 e. The SMILES string of the molecule is CC(C(=O)Nc1ccc(NC(=O)c2csc(-c3ccccc3)n2)cc1)n1cncn1. The molecule has 30 heavy (non-hydrogen) atoms. The van der Waals surface area contributed by atoms with Crippen LogP contribution in [-0.4, -0.2) is 31.6 Å². The molecule has 4 aromatic rings. The molecule has 0 aliphatic rings. The molecule has 4 rings (SSSR count). The molecule has 2 aromatic heterocycles. The molecule has 0 fully saturated rings. The lowest BCUT2D eigenvalue weighted by Crippen LogP contribution is -2.24. The fourth-order valence-corrected chi connectivity index (χ4v) is 3.51. The Bertz CT molecular complexity index is 1140. The van der Waals surface area contributed by atoms with Crippen LogP contribution in [0.1, 0.15) is 23.5 Å². The Labute approximate surface area is 176 Å². The van der Waals surface area contributed by atoms with Crippen LogP contribution in [0.25, 0.3) is 10.6 Å². The minimum atomic E-state index is -0.490. The van der Waals surface area contributed by atoms with Gasteiger partial charge in [0.1, 0.15) is 29.4 Å². The van der Waals surface area contributed by atoms with Gasteiger partial charge < -0.3 is 10.6 Å². The molecule has 9 heteroatoms. The van der Waals surface area contributed by atoms with Gasteiger partial charge in [-0.05, 0) is 31.2 Å². The number of hydrogen-bond acceptors (Lipinski definition) is 6. The van der Waals surface area contributed by atoms with Crippen LogP contribution in [0.15, 0.2) is 72.6 Å². The maximum atomic E-state index is 12.5. The van der Waals surface area contributed by atoms with Crippen molar-refractivity contribution in [1.29, 1.82) is 0 Å². The second-order valence-corrected chi connectivity index (χ2v) is 7.33. The zero-order chi connectivity index (χ0) is 20.9. The van der Waals surface area contributed by atoms with Crippen LogP contribution in [0.2, 0.25) is 0 Å². The van der Waals surface area contributed by atoms with Crippen LogP contribution in [0, 0.1) is 0 Å². The van der Waals surface area contributed by atoms with Crippen LogP contribution < -0.4 is 10.6 Å². The number of nitrogens with one attached hydrogen (secondary N) is 2. The van der Waals surface area contributed by atoms with Crippen molar-refractivity contribution in [3.63, 3.8) is 0 Å². The average molecular weight is 418 g/mol. The highest BCUT2D eigenvalue weighted by atomic mass is 32.1. The van der Waals surface area contributed by atoms with Crippen LogP contribution in [0.4, 0.5) is 11.4 Å². The van der Waals surface area contributed by atoms with Gasteiger partial charge in [-0.15, -0.1) is 11.3 Å². The Kier molecular flexibility index (Phi) is 5.62. The van der Waals surface area contributed by atoms with Gasteiger partial charge in [0, 0.05) is 22.3 Å². The third-order valence-corrected chi connectivity index (χ3v) is 5.27. The van der Waals surface area contributed by atoms with E-state index in [1.54, 1.807) is 36.6 Å². The van der Waals surface area contributed by atoms with Crippen LogP contribution in [0.3, 0.4) is 0 Å². The number of carbonyl (C=O) groups excluding carboxylic acids is 2. The predicted octanol–water partition coefficient (Wildman–Crippen LogP) is 3.85. The van der Waals surface area contributed by atoms with E-state index in [1.165, 1.54) is 28.7 Å². The molecule has 2 amide bonds. The lowest BCUT2D eigenvalue weighted by molar-refractivity contribution is -0.119. The number of carbonyl (C=O) groups is 2. The van der Waals surface area contributed by atoms with Crippen molar-refractivity contribution in [3.8, 4) is 10.6 Å². The first-order chi connectivity index (χ1) is 14.6. The van der Waals surface area contributed by atoms with E-state index in [2.05, 4.69) is 25.7 Å². The van der Waals surface area contributed by atoms with Crippen LogP contribution in [-0.2, 0) is 4.79 Å². The van der Waals surface area contributed by atoms with Gasteiger partial charge in [-0.3, -0.25) is 9.59 Å². The number of rotatable bonds is 6. The summed E-state index contributed by atoms with van der Waals surface area (Å²) in [7, 11) is 0. The Morgan fingerprint density at radius 2 is 1.70 bits per heavy atom. The highest BCUT2D eigenvalue weighted by Crippen LogP contribution is 2.24. The minimum Gasteiger partial charge on any atom is -0.324 e. The van der Waals surface area contributed by atoms with Gasteiger partial charge in [0.15, 0.2) is 0 Å². The summed E-state index contributed by atoms with van der Waals surface area (Å²) in [4.78, 5) is 33.0. The van der Waals surface area contributed by atoms with Gasteiger partial charge in [0.2, 0.25) is 5.91 Å². The fraction of sp³-hybridized carbons (Fsp3) is 0.0952. The normalized spacial score (nSPS) is 11.6. The Balaban J connectivity index is 1.37. The first-order valence-corrected chi connectivity index (χ1v) is 10.1. The van der Waals surface area contributed by atoms with Crippen molar-refractivity contribution < 1.29 is 9.59 Å². The Morgan fingerprint density at radius 3 is 2.37 bits per heavy atom. The first kappa shape index (κ1) is 19.5. The molecule has 1 unspecified atom stereocenters. The molecule has 2 N–H and O–H groups in total. The zero-order valence-electron chi connectivity index (χ0n) is 16.0. The number of anilines is 2. The first-order valence-electron chi connectivity index (χ1n) is 9.17. The molecule has 150 valence electrons. The summed E-state index contributed by atoms with van der Waals surface area (Å²) in [5, 5.41) is 12.1. The van der Waals surface area contributed by atoms with E-state index in [0.29, 0.717) is 17.1 Å². The monoisotopic (exact) mass is 418 g/mol. The van der Waals surface area contributed by atoms with E-state index in [1.807, 2.05) is 30.3 Å². The summed E-state index contributed by atoms with van der Waals surface area (Å²) in [5.74, 6) is -0.502. The highest BCUT2D eigenvalue weighted by molar-refractivity contribution is 7.13. The Morgan fingerprint density at radius 1 is 1.00 bits per heavy atom. The average Bonchev–Trinajstić information content (AvgIpc) is 3.48. The van der Waals surface area contributed by atoms with Crippen molar-refractivity contribution in [3.05, 3.63) is 78.3 Å². The van der Waals surface area contributed by atoms with Crippen molar-refractivity contribution >= 4 is 34.5 Å². The topological polar surface area (TPSA) is 102 Å². The summed E-state index contributed by atoms with van der Waals surface area (Å²) in [5.41, 5.74) is 2.56. The maximum absolute atomic E-state index is 12.5. The fourth-order valence-electron chi connectivity index (χ4n) is 2.71. The molecule has 0 radical (unpaired) electrons. The molecular weight excluding hydrogens is 400 g/mol. The molecule has 0 aliphatic heterocycles. The molecular formula is C21H18N6O2S. The number of nitrogens with zero attached hydrogens (tertiary/aromatic N) is 4. The standard InChI is InChI=1S/C21H18N6O2S/c1-14(27-13-22-12-23-27)19(28)24-16-7-9-17(10-8-16)25-20(29)18-11-30-21(26-18)15-5-3-2-4-6-15/h2-14H,1H3,(H,24,28)(H,25,29). The van der Waals surface area contributed by atoms with E-state index >= 15 is 0 Å². The summed E-state index contributed by atoms with van der Waals surface area (Å²) in [6, 6.07) is 16.1. The molecule has 0 saturated carbocycles. The second-order valence-electron chi connectivity index (χ2n) is 6.48. The third-order valence-electron chi connectivity index (χ3n) is 4.38. The molecule has 2 heterocycles. The van der Waals surface area contributed by atoms with Crippen molar-refractivity contribution in [2.24, 2.45) is 0 Å². The molecule has 0 saturated heterocycles.